The van der Waals surface area contributed by atoms with E-state index in [2.05, 4.69) is 15.5 Å². The maximum atomic E-state index is 13.1. The van der Waals surface area contributed by atoms with Crippen molar-refractivity contribution in [1.29, 1.82) is 0 Å². The van der Waals surface area contributed by atoms with Gasteiger partial charge in [0, 0.05) is 19.0 Å². The van der Waals surface area contributed by atoms with Gasteiger partial charge in [-0.05, 0) is 12.1 Å². The van der Waals surface area contributed by atoms with Crippen molar-refractivity contribution in [2.45, 2.75) is 25.2 Å². The predicted octanol–water partition coefficient (Wildman–Crippen LogP) is 2.16. The number of nitrogens with one attached hydrogen (secondary N) is 1. The molecule has 2 atom stereocenters. The van der Waals surface area contributed by atoms with Crippen molar-refractivity contribution >= 4 is 0 Å². The molecular formula is C13H13F2N3O2. The molecule has 0 unspecified atom stereocenters. The molecule has 2 aromatic rings. The van der Waals surface area contributed by atoms with Crippen LogP contribution < -0.4 is 10.1 Å². The van der Waals surface area contributed by atoms with Gasteiger partial charge in [-0.25, -0.2) is 8.78 Å². The molecule has 0 aliphatic carbocycles. The van der Waals surface area contributed by atoms with Gasteiger partial charge < -0.3 is 14.6 Å². The average molecular weight is 281 g/mol. The molecule has 20 heavy (non-hydrogen) atoms. The number of rotatable bonds is 4. The third kappa shape index (κ3) is 2.93. The van der Waals surface area contributed by atoms with Crippen molar-refractivity contribution in [2.24, 2.45) is 0 Å². The lowest BCUT2D eigenvalue weighted by Gasteiger charge is -2.03. The van der Waals surface area contributed by atoms with Crippen molar-refractivity contribution in [3.8, 4) is 5.75 Å². The fraction of sp³-hybridized carbons (Fsp3) is 0.385. The smallest absolute Gasteiger partial charge is 0.244 e. The molecule has 3 rings (SSSR count). The van der Waals surface area contributed by atoms with E-state index in [1.54, 1.807) is 12.1 Å². The summed E-state index contributed by atoms with van der Waals surface area (Å²) in [5.74, 6) is 0.705. The van der Waals surface area contributed by atoms with Crippen molar-refractivity contribution < 1.29 is 18.0 Å². The van der Waals surface area contributed by atoms with Gasteiger partial charge >= 0.3 is 0 Å². The molecule has 1 aromatic heterocycles. The maximum absolute atomic E-state index is 13.1. The lowest BCUT2D eigenvalue weighted by molar-refractivity contribution is 0.281. The molecule has 0 saturated carbocycles. The first-order valence-electron chi connectivity index (χ1n) is 6.29. The molecule has 1 fully saturated rings. The second-order valence-electron chi connectivity index (χ2n) is 4.59. The third-order valence-corrected chi connectivity index (χ3v) is 3.02. The van der Waals surface area contributed by atoms with Crippen molar-refractivity contribution in [1.82, 2.24) is 15.5 Å². The van der Waals surface area contributed by atoms with Crippen LogP contribution in [0.3, 0.4) is 0 Å². The summed E-state index contributed by atoms with van der Waals surface area (Å²) < 4.78 is 36.4. The normalized spacial score (nSPS) is 22.1. The number of aromatic nitrogens is 2. The minimum atomic E-state index is -0.890. The average Bonchev–Trinajstić information content (AvgIpc) is 3.05. The first-order chi connectivity index (χ1) is 9.70. The molecule has 0 spiro atoms. The molecule has 2 heterocycles. The Hall–Kier alpha value is -2.02. The molecule has 5 nitrogen and oxygen atoms in total. The number of ether oxygens (including phenoxy) is 1. The van der Waals surface area contributed by atoms with Crippen LogP contribution in [0.1, 0.15) is 24.2 Å². The zero-order valence-corrected chi connectivity index (χ0v) is 10.6. The fourth-order valence-electron chi connectivity index (χ4n) is 2.05. The first-order valence-corrected chi connectivity index (χ1v) is 6.29. The van der Waals surface area contributed by atoms with Crippen LogP contribution in [0.25, 0.3) is 0 Å². The highest BCUT2D eigenvalue weighted by atomic mass is 19.1. The lowest BCUT2D eigenvalue weighted by Crippen LogP contribution is -2.14. The van der Waals surface area contributed by atoms with Gasteiger partial charge in [-0.2, -0.15) is 4.98 Å². The summed E-state index contributed by atoms with van der Waals surface area (Å²) in [6, 6.07) is 5.54. The number of hydrogen-bond donors (Lipinski definition) is 1. The molecule has 1 N–H and O–H groups in total. The van der Waals surface area contributed by atoms with E-state index in [0.717, 1.165) is 0 Å². The van der Waals surface area contributed by atoms with E-state index >= 15 is 0 Å². The number of halogens is 2. The Bertz CT molecular complexity index is 591. The lowest BCUT2D eigenvalue weighted by atomic mass is 10.2. The Morgan fingerprint density at radius 1 is 1.45 bits per heavy atom. The Morgan fingerprint density at radius 3 is 3.10 bits per heavy atom. The number of alkyl halides is 1. The molecule has 106 valence electrons. The Balaban J connectivity index is 1.60. The first kappa shape index (κ1) is 13.0. The summed E-state index contributed by atoms with van der Waals surface area (Å²) in [6.45, 7) is 0.362. The van der Waals surface area contributed by atoms with Crippen LogP contribution in [-0.2, 0) is 6.61 Å². The van der Waals surface area contributed by atoms with E-state index in [1.807, 2.05) is 0 Å². The van der Waals surface area contributed by atoms with E-state index in [1.165, 1.54) is 12.1 Å². The molecule has 7 heteroatoms. The summed E-state index contributed by atoms with van der Waals surface area (Å²) in [5, 5.41) is 6.71. The highest BCUT2D eigenvalue weighted by Gasteiger charge is 2.29. The quantitative estimate of drug-likeness (QED) is 0.930. The monoisotopic (exact) mass is 281 g/mol. The van der Waals surface area contributed by atoms with E-state index in [0.29, 0.717) is 30.4 Å². The fourth-order valence-corrected chi connectivity index (χ4v) is 2.05. The highest BCUT2D eigenvalue weighted by Crippen LogP contribution is 2.23. The molecule has 0 amide bonds. The summed E-state index contributed by atoms with van der Waals surface area (Å²) in [4.78, 5) is 4.14. The number of hydrogen-bond acceptors (Lipinski definition) is 5. The van der Waals surface area contributed by atoms with Crippen LogP contribution >= 0.6 is 0 Å². The van der Waals surface area contributed by atoms with Gasteiger partial charge in [-0.1, -0.05) is 11.2 Å². The molecule has 1 aliphatic rings. The van der Waals surface area contributed by atoms with Gasteiger partial charge in [-0.15, -0.1) is 0 Å². The second kappa shape index (κ2) is 5.54. The molecule has 1 saturated heterocycles. The van der Waals surface area contributed by atoms with Crippen LogP contribution in [0.15, 0.2) is 28.8 Å². The molecule has 1 aromatic carbocycles. The largest absolute Gasteiger partial charge is 0.485 e. The van der Waals surface area contributed by atoms with Crippen molar-refractivity contribution in [2.75, 3.05) is 6.54 Å². The van der Waals surface area contributed by atoms with E-state index in [9.17, 15) is 8.78 Å². The maximum Gasteiger partial charge on any atom is 0.244 e. The van der Waals surface area contributed by atoms with Crippen LogP contribution in [0.4, 0.5) is 8.78 Å². The minimum Gasteiger partial charge on any atom is -0.485 e. The van der Waals surface area contributed by atoms with Crippen LogP contribution in [0.5, 0.6) is 5.75 Å². The van der Waals surface area contributed by atoms with Crippen LogP contribution in [0.2, 0.25) is 0 Å². The van der Waals surface area contributed by atoms with E-state index < -0.39 is 6.17 Å². The van der Waals surface area contributed by atoms with Crippen molar-refractivity contribution in [3.63, 3.8) is 0 Å². The van der Waals surface area contributed by atoms with Gasteiger partial charge in [-0.3, -0.25) is 0 Å². The standard InChI is InChI=1S/C13H13F2N3O2/c14-8-2-1-3-10(4-8)19-7-12-17-13(20-18-12)11-5-9(15)6-16-11/h1-4,9,11,16H,5-7H2/t9-,11+/m0/s1. The van der Waals surface area contributed by atoms with Crippen LogP contribution in [-0.4, -0.2) is 22.9 Å². The topological polar surface area (TPSA) is 60.2 Å². The van der Waals surface area contributed by atoms with E-state index in [4.69, 9.17) is 9.26 Å². The zero-order valence-electron chi connectivity index (χ0n) is 10.6. The van der Waals surface area contributed by atoms with Gasteiger partial charge in [0.15, 0.2) is 6.61 Å². The second-order valence-corrected chi connectivity index (χ2v) is 4.59. The Labute approximate surface area is 113 Å². The van der Waals surface area contributed by atoms with Crippen LogP contribution in [0, 0.1) is 5.82 Å². The number of nitrogens with zero attached hydrogens (tertiary/aromatic N) is 2. The summed E-state index contributed by atoms with van der Waals surface area (Å²) in [7, 11) is 0. The summed E-state index contributed by atoms with van der Waals surface area (Å²) >= 11 is 0. The van der Waals surface area contributed by atoms with E-state index in [-0.39, 0.29) is 18.5 Å². The highest BCUT2D eigenvalue weighted by molar-refractivity contribution is 5.22. The van der Waals surface area contributed by atoms with Crippen molar-refractivity contribution in [3.05, 3.63) is 41.8 Å². The molecular weight excluding hydrogens is 268 g/mol. The molecule has 1 aliphatic heterocycles. The van der Waals surface area contributed by atoms with Gasteiger partial charge in [0.1, 0.15) is 17.7 Å². The Morgan fingerprint density at radius 2 is 2.35 bits per heavy atom. The minimum absolute atomic E-state index is 0.0682. The summed E-state index contributed by atoms with van der Waals surface area (Å²) in [5.41, 5.74) is 0. The molecule has 0 bridgehead atoms. The van der Waals surface area contributed by atoms with Gasteiger partial charge in [0.25, 0.3) is 0 Å². The Kier molecular flexibility index (Phi) is 3.60. The third-order valence-electron chi connectivity index (χ3n) is 3.02. The SMILES string of the molecule is Fc1cccc(OCc2noc([C@H]3C[C@H](F)CN3)n2)c1. The van der Waals surface area contributed by atoms with Gasteiger partial charge in [0.2, 0.25) is 11.7 Å². The summed E-state index contributed by atoms with van der Waals surface area (Å²) in [6.07, 6.45) is -0.564. The molecule has 0 radical (unpaired) electrons. The predicted molar refractivity (Wildman–Crippen MR) is 65.3 cm³/mol. The zero-order chi connectivity index (χ0) is 13.9. The number of benzene rings is 1. The van der Waals surface area contributed by atoms with Gasteiger partial charge in [0.05, 0.1) is 6.04 Å².